The smallest absolute Gasteiger partial charge is 0.265 e. The normalized spacial score (nSPS) is 11.7. The highest BCUT2D eigenvalue weighted by Crippen LogP contribution is 2.37. The van der Waals surface area contributed by atoms with E-state index in [1.807, 2.05) is 61.5 Å². The van der Waals surface area contributed by atoms with Gasteiger partial charge in [0.2, 0.25) is 11.8 Å². The number of carbonyl (C=O) groups excluding carboxylic acids is 2. The number of halogens is 1. The average Bonchev–Trinajstić information content (AvgIpc) is 3.08. The van der Waals surface area contributed by atoms with Gasteiger partial charge in [-0.1, -0.05) is 71.8 Å². The molecule has 4 rings (SSSR count). The molecule has 254 valence electrons. The molecule has 12 heteroatoms. The number of likely N-dealkylation sites (N-methyl/N-ethyl adjacent to an activating group) is 1. The quantitative estimate of drug-likeness (QED) is 0.171. The molecule has 0 bridgehead atoms. The van der Waals surface area contributed by atoms with Crippen molar-refractivity contribution >= 4 is 39.1 Å². The third kappa shape index (κ3) is 8.59. The first kappa shape index (κ1) is 36.1. The van der Waals surface area contributed by atoms with Crippen molar-refractivity contribution in [3.8, 4) is 17.2 Å². The van der Waals surface area contributed by atoms with E-state index in [0.29, 0.717) is 12.3 Å². The maximum atomic E-state index is 14.7. The standard InChI is InChI=1S/C36H40ClN3O7S/c1-6-38-36(42)31(20-26-12-8-7-9-13-26)39(23-27-14-10-11-25(2)19-27)35(41)24-40(30-21-28(37)15-17-32(30)45-3)48(43,44)29-16-18-33(46-4)34(22-29)47-5/h7-19,21-22,31H,6,20,23-24H2,1-5H3,(H,38,42). The van der Waals surface area contributed by atoms with Gasteiger partial charge >= 0.3 is 0 Å². The van der Waals surface area contributed by atoms with Crippen LogP contribution in [0.1, 0.15) is 23.6 Å². The molecule has 4 aromatic carbocycles. The number of carbonyl (C=O) groups is 2. The molecule has 0 radical (unpaired) electrons. The minimum absolute atomic E-state index is 0.0428. The van der Waals surface area contributed by atoms with Crippen molar-refractivity contribution < 1.29 is 32.2 Å². The van der Waals surface area contributed by atoms with Crippen LogP contribution in [0.4, 0.5) is 5.69 Å². The highest BCUT2D eigenvalue weighted by Gasteiger charge is 2.36. The van der Waals surface area contributed by atoms with Crippen molar-refractivity contribution in [1.82, 2.24) is 10.2 Å². The van der Waals surface area contributed by atoms with Crippen molar-refractivity contribution in [2.24, 2.45) is 0 Å². The molecular formula is C36H40ClN3O7S. The molecule has 0 saturated carbocycles. The highest BCUT2D eigenvalue weighted by atomic mass is 35.5. The van der Waals surface area contributed by atoms with E-state index in [-0.39, 0.29) is 46.0 Å². The number of aryl methyl sites for hydroxylation is 1. The first-order valence-electron chi connectivity index (χ1n) is 15.3. The summed E-state index contributed by atoms with van der Waals surface area (Å²) >= 11 is 6.38. The number of hydrogen-bond donors (Lipinski definition) is 1. The lowest BCUT2D eigenvalue weighted by atomic mass is 10.0. The number of rotatable bonds is 15. The van der Waals surface area contributed by atoms with Gasteiger partial charge in [0, 0.05) is 30.6 Å². The molecule has 1 atom stereocenters. The molecule has 0 aliphatic rings. The van der Waals surface area contributed by atoms with E-state index >= 15 is 0 Å². The molecular weight excluding hydrogens is 654 g/mol. The number of benzene rings is 4. The first-order valence-corrected chi connectivity index (χ1v) is 17.1. The van der Waals surface area contributed by atoms with Gasteiger partial charge in [0.1, 0.15) is 18.3 Å². The number of nitrogens with one attached hydrogen (secondary N) is 1. The molecule has 0 heterocycles. The second kappa shape index (κ2) is 16.4. The summed E-state index contributed by atoms with van der Waals surface area (Å²) in [6.45, 7) is 3.45. The van der Waals surface area contributed by atoms with Gasteiger partial charge in [0.15, 0.2) is 11.5 Å². The molecule has 0 spiro atoms. The Morgan fingerprint density at radius 1 is 0.812 bits per heavy atom. The Labute approximate surface area is 287 Å². The van der Waals surface area contributed by atoms with Crippen LogP contribution in [0.3, 0.4) is 0 Å². The summed E-state index contributed by atoms with van der Waals surface area (Å²) in [5.41, 5.74) is 2.63. The Hall–Kier alpha value is -4.74. The summed E-state index contributed by atoms with van der Waals surface area (Å²) in [7, 11) is -0.242. The van der Waals surface area contributed by atoms with Gasteiger partial charge in [-0.25, -0.2) is 8.42 Å². The van der Waals surface area contributed by atoms with E-state index in [4.69, 9.17) is 25.8 Å². The predicted octanol–water partition coefficient (Wildman–Crippen LogP) is 5.65. The monoisotopic (exact) mass is 693 g/mol. The van der Waals surface area contributed by atoms with Crippen molar-refractivity contribution in [1.29, 1.82) is 0 Å². The van der Waals surface area contributed by atoms with Gasteiger partial charge in [0.25, 0.3) is 10.0 Å². The third-order valence-corrected chi connectivity index (χ3v) is 9.68. The Balaban J connectivity index is 1.88. The van der Waals surface area contributed by atoms with E-state index in [0.717, 1.165) is 21.0 Å². The molecule has 1 unspecified atom stereocenters. The van der Waals surface area contributed by atoms with Crippen LogP contribution in [0, 0.1) is 6.92 Å². The predicted molar refractivity (Wildman–Crippen MR) is 186 cm³/mol. The SMILES string of the molecule is CCNC(=O)C(Cc1ccccc1)N(Cc1cccc(C)c1)C(=O)CN(c1cc(Cl)ccc1OC)S(=O)(=O)c1ccc(OC)c(OC)c1. The molecule has 0 aromatic heterocycles. The second-order valence-electron chi connectivity index (χ2n) is 11.0. The van der Waals surface area contributed by atoms with Crippen LogP contribution in [0.25, 0.3) is 0 Å². The summed E-state index contributed by atoms with van der Waals surface area (Å²) in [5, 5.41) is 3.09. The van der Waals surface area contributed by atoms with Crippen molar-refractivity contribution in [2.45, 2.75) is 37.8 Å². The fourth-order valence-corrected chi connectivity index (χ4v) is 6.93. The van der Waals surface area contributed by atoms with E-state index < -0.39 is 28.5 Å². The zero-order valence-electron chi connectivity index (χ0n) is 27.6. The zero-order chi connectivity index (χ0) is 34.8. The number of sulfonamides is 1. The second-order valence-corrected chi connectivity index (χ2v) is 13.3. The minimum Gasteiger partial charge on any atom is -0.495 e. The van der Waals surface area contributed by atoms with Gasteiger partial charge in [-0.2, -0.15) is 0 Å². The lowest BCUT2D eigenvalue weighted by Crippen LogP contribution is -2.53. The van der Waals surface area contributed by atoms with E-state index in [9.17, 15) is 18.0 Å². The lowest BCUT2D eigenvalue weighted by molar-refractivity contribution is -0.140. The third-order valence-electron chi connectivity index (χ3n) is 7.69. The van der Waals surface area contributed by atoms with Crippen molar-refractivity contribution in [3.63, 3.8) is 0 Å². The largest absolute Gasteiger partial charge is 0.495 e. The zero-order valence-corrected chi connectivity index (χ0v) is 29.2. The highest BCUT2D eigenvalue weighted by molar-refractivity contribution is 7.92. The minimum atomic E-state index is -4.47. The van der Waals surface area contributed by atoms with Gasteiger partial charge < -0.3 is 24.4 Å². The van der Waals surface area contributed by atoms with Crippen molar-refractivity contribution in [3.05, 3.63) is 113 Å². The van der Waals surface area contributed by atoms with Crippen LogP contribution in [0.5, 0.6) is 17.2 Å². The summed E-state index contributed by atoms with van der Waals surface area (Å²) in [6.07, 6.45) is 0.202. The lowest BCUT2D eigenvalue weighted by Gasteiger charge is -2.34. The number of hydrogen-bond acceptors (Lipinski definition) is 7. The Kier molecular flexibility index (Phi) is 12.3. The molecule has 0 aliphatic carbocycles. The number of methoxy groups -OCH3 is 3. The molecule has 1 N–H and O–H groups in total. The summed E-state index contributed by atoms with van der Waals surface area (Å²) in [5.74, 6) is -0.296. The van der Waals surface area contributed by atoms with Crippen molar-refractivity contribution in [2.75, 3.05) is 38.7 Å². The summed E-state index contributed by atoms with van der Waals surface area (Å²) in [6, 6.07) is 24.6. The average molecular weight is 694 g/mol. The number of ether oxygens (including phenoxy) is 3. The molecule has 10 nitrogen and oxygen atoms in total. The molecule has 2 amide bonds. The van der Waals surface area contributed by atoms with Crippen LogP contribution in [0.2, 0.25) is 5.02 Å². The Morgan fingerprint density at radius 3 is 2.12 bits per heavy atom. The fourth-order valence-electron chi connectivity index (χ4n) is 5.33. The van der Waals surface area contributed by atoms with Gasteiger partial charge in [-0.05, 0) is 55.3 Å². The first-order chi connectivity index (χ1) is 23.0. The molecule has 48 heavy (non-hydrogen) atoms. The van der Waals surface area contributed by atoms with Gasteiger partial charge in [0.05, 0.1) is 31.9 Å². The topological polar surface area (TPSA) is 114 Å². The molecule has 0 fully saturated rings. The molecule has 0 saturated heterocycles. The maximum absolute atomic E-state index is 14.7. The van der Waals surface area contributed by atoms with Crippen LogP contribution >= 0.6 is 11.6 Å². The van der Waals surface area contributed by atoms with E-state index in [1.54, 1.807) is 13.0 Å². The fraction of sp³-hybridized carbons (Fsp3) is 0.278. The Morgan fingerprint density at radius 2 is 1.48 bits per heavy atom. The van der Waals surface area contributed by atoms with E-state index in [1.165, 1.54) is 56.6 Å². The van der Waals surface area contributed by atoms with Crippen LogP contribution in [-0.2, 0) is 32.6 Å². The van der Waals surface area contributed by atoms with Gasteiger partial charge in [-0.3, -0.25) is 13.9 Å². The number of nitrogens with zero attached hydrogens (tertiary/aromatic N) is 2. The Bertz CT molecular complexity index is 1840. The van der Waals surface area contributed by atoms with Crippen LogP contribution < -0.4 is 23.8 Å². The van der Waals surface area contributed by atoms with Crippen LogP contribution in [-0.4, -0.2) is 65.6 Å². The summed E-state index contributed by atoms with van der Waals surface area (Å²) in [4.78, 5) is 29.6. The maximum Gasteiger partial charge on any atom is 0.265 e. The number of amides is 2. The van der Waals surface area contributed by atoms with Gasteiger partial charge in [-0.15, -0.1) is 0 Å². The van der Waals surface area contributed by atoms with E-state index in [2.05, 4.69) is 5.32 Å². The van der Waals surface area contributed by atoms with Crippen LogP contribution in [0.15, 0.2) is 95.9 Å². The summed E-state index contributed by atoms with van der Waals surface area (Å²) < 4.78 is 46.2. The molecule has 4 aromatic rings. The molecule has 0 aliphatic heterocycles. The number of anilines is 1.